The molecule has 1 atom stereocenters. The highest BCUT2D eigenvalue weighted by atomic mass is 35.5. The van der Waals surface area contributed by atoms with Gasteiger partial charge in [0.1, 0.15) is 23.9 Å². The Morgan fingerprint density at radius 1 is 1.07 bits per heavy atom. The van der Waals surface area contributed by atoms with Gasteiger partial charge in [-0.25, -0.2) is 14.8 Å². The molecule has 1 aliphatic heterocycles. The van der Waals surface area contributed by atoms with Crippen molar-refractivity contribution in [3.63, 3.8) is 0 Å². The molecule has 1 saturated heterocycles. The van der Waals surface area contributed by atoms with Crippen LogP contribution in [0.15, 0.2) is 72.8 Å². The number of methoxy groups -OCH3 is 1. The predicted molar refractivity (Wildman–Crippen MR) is 155 cm³/mol. The van der Waals surface area contributed by atoms with Crippen LogP contribution in [0.1, 0.15) is 22.5 Å². The van der Waals surface area contributed by atoms with Gasteiger partial charge in [0.2, 0.25) is 5.28 Å². The number of benzene rings is 3. The van der Waals surface area contributed by atoms with E-state index in [1.807, 2.05) is 65.6 Å². The summed E-state index contributed by atoms with van der Waals surface area (Å²) in [5, 5.41) is 14.0. The fourth-order valence-corrected chi connectivity index (χ4v) is 4.94. The molecule has 1 fully saturated rings. The summed E-state index contributed by atoms with van der Waals surface area (Å²) < 4.78 is 10.9. The lowest BCUT2D eigenvalue weighted by Gasteiger charge is -2.40. The maximum Gasteiger partial charge on any atom is 0.410 e. The van der Waals surface area contributed by atoms with Gasteiger partial charge in [0.25, 0.3) is 5.91 Å². The number of fused-ring (bicyclic) bond motifs is 1. The molecule has 0 bridgehead atoms. The summed E-state index contributed by atoms with van der Waals surface area (Å²) in [4.78, 5) is 38.1. The summed E-state index contributed by atoms with van der Waals surface area (Å²) in [5.74, 6) is 0.556. The number of hydrogen-bond donors (Lipinski definition) is 1. The molecule has 0 spiro atoms. The van der Waals surface area contributed by atoms with Crippen molar-refractivity contribution >= 4 is 45.9 Å². The van der Waals surface area contributed by atoms with Gasteiger partial charge < -0.3 is 24.6 Å². The maximum absolute atomic E-state index is 13.3. The molecule has 2 amide bonds. The first-order valence-electron chi connectivity index (χ1n) is 13.0. The number of carbonyl (C=O) groups excluding carboxylic acids is 2. The third-order valence-electron chi connectivity index (χ3n) is 6.81. The Bertz CT molecular complexity index is 1610. The van der Waals surface area contributed by atoms with E-state index in [9.17, 15) is 14.9 Å². The third kappa shape index (κ3) is 6.48. The van der Waals surface area contributed by atoms with Crippen molar-refractivity contribution in [3.8, 4) is 11.8 Å². The van der Waals surface area contributed by atoms with Crippen LogP contribution < -0.4 is 15.0 Å². The van der Waals surface area contributed by atoms with E-state index in [2.05, 4.69) is 21.4 Å². The number of hydrogen-bond acceptors (Lipinski definition) is 8. The summed E-state index contributed by atoms with van der Waals surface area (Å²) in [7, 11) is 1.56. The number of rotatable bonds is 7. The van der Waals surface area contributed by atoms with Crippen molar-refractivity contribution in [1.82, 2.24) is 14.9 Å². The van der Waals surface area contributed by atoms with Crippen LogP contribution in [0, 0.1) is 11.3 Å². The average molecular weight is 571 g/mol. The van der Waals surface area contributed by atoms with E-state index in [-0.39, 0.29) is 24.0 Å². The van der Waals surface area contributed by atoms with Crippen molar-refractivity contribution in [1.29, 1.82) is 5.26 Å². The normalized spacial score (nSPS) is 14.8. The van der Waals surface area contributed by atoms with E-state index in [1.54, 1.807) is 24.1 Å². The van der Waals surface area contributed by atoms with Gasteiger partial charge in [0, 0.05) is 37.2 Å². The first-order chi connectivity index (χ1) is 19.9. The zero-order valence-electron chi connectivity index (χ0n) is 22.3. The first-order valence-corrected chi connectivity index (χ1v) is 13.3. The molecule has 1 aromatic heterocycles. The van der Waals surface area contributed by atoms with E-state index in [4.69, 9.17) is 21.1 Å². The fourth-order valence-electron chi connectivity index (χ4n) is 4.76. The molecule has 208 valence electrons. The molecule has 0 unspecified atom stereocenters. The van der Waals surface area contributed by atoms with Gasteiger partial charge in [0.05, 0.1) is 31.3 Å². The molecule has 4 aromatic rings. The highest BCUT2D eigenvalue weighted by Crippen LogP contribution is 2.30. The van der Waals surface area contributed by atoms with Crippen molar-refractivity contribution in [2.75, 3.05) is 37.0 Å². The molecule has 3 aromatic carbocycles. The lowest BCUT2D eigenvalue weighted by atomic mass is 10.1. The van der Waals surface area contributed by atoms with E-state index < -0.39 is 18.0 Å². The molecule has 11 heteroatoms. The predicted octanol–water partition coefficient (Wildman–Crippen LogP) is 5.29. The lowest BCUT2D eigenvalue weighted by Crippen LogP contribution is -2.55. The average Bonchev–Trinajstić information content (AvgIpc) is 3.00. The van der Waals surface area contributed by atoms with Gasteiger partial charge >= 0.3 is 6.09 Å². The molecular weight excluding hydrogens is 544 g/mol. The van der Waals surface area contributed by atoms with E-state index in [0.29, 0.717) is 36.9 Å². The van der Waals surface area contributed by atoms with Gasteiger partial charge in [-0.2, -0.15) is 5.26 Å². The number of nitriles is 1. The highest BCUT2D eigenvalue weighted by Gasteiger charge is 2.32. The van der Waals surface area contributed by atoms with Crippen LogP contribution in [0.5, 0.6) is 5.75 Å². The highest BCUT2D eigenvalue weighted by molar-refractivity contribution is 6.28. The topological polar surface area (TPSA) is 121 Å². The van der Waals surface area contributed by atoms with Crippen LogP contribution in [0.25, 0.3) is 10.8 Å². The number of halogens is 1. The minimum atomic E-state index is -0.486. The fraction of sp³-hybridized carbons (Fsp3) is 0.233. The molecule has 41 heavy (non-hydrogen) atoms. The molecule has 0 radical (unpaired) electrons. The number of carbonyl (C=O) groups is 2. The zero-order chi connectivity index (χ0) is 28.8. The second kappa shape index (κ2) is 12.5. The second-order valence-corrected chi connectivity index (χ2v) is 9.76. The van der Waals surface area contributed by atoms with Crippen molar-refractivity contribution in [2.24, 2.45) is 0 Å². The molecule has 10 nitrogen and oxygen atoms in total. The standard InChI is InChI=1S/C30H27ClN6O4/c1-40-23-15-21-9-5-6-10-24(21)25(16-23)33-28(38)26-17-27(35-29(31)34-26)36-13-14-37(22(18-36)11-12-32)30(39)41-19-20-7-3-2-4-8-20/h2-10,15-17,22H,11,13-14,18-19H2,1H3,(H,33,38)/t22-/m0/s1. The summed E-state index contributed by atoms with van der Waals surface area (Å²) in [6, 6.07) is 23.9. The van der Waals surface area contributed by atoms with Crippen LogP contribution in [-0.2, 0) is 11.3 Å². The zero-order valence-corrected chi connectivity index (χ0v) is 23.0. The second-order valence-electron chi connectivity index (χ2n) is 9.43. The molecule has 1 N–H and O–H groups in total. The van der Waals surface area contributed by atoms with Gasteiger partial charge in [-0.05, 0) is 28.6 Å². The number of nitrogens with zero attached hydrogens (tertiary/aromatic N) is 5. The van der Waals surface area contributed by atoms with Gasteiger partial charge in [-0.3, -0.25) is 4.79 Å². The Morgan fingerprint density at radius 3 is 2.63 bits per heavy atom. The number of anilines is 2. The van der Waals surface area contributed by atoms with Crippen LogP contribution in [0.4, 0.5) is 16.3 Å². The Hall–Kier alpha value is -4.88. The Labute approximate surface area is 242 Å². The number of nitrogens with one attached hydrogen (secondary N) is 1. The number of aromatic nitrogens is 2. The summed E-state index contributed by atoms with van der Waals surface area (Å²) >= 11 is 6.25. The van der Waals surface area contributed by atoms with Crippen molar-refractivity contribution in [2.45, 2.75) is 19.1 Å². The summed E-state index contributed by atoms with van der Waals surface area (Å²) in [6.45, 7) is 1.15. The number of amides is 2. The third-order valence-corrected chi connectivity index (χ3v) is 6.98. The maximum atomic E-state index is 13.3. The lowest BCUT2D eigenvalue weighted by molar-refractivity contribution is 0.0768. The molecule has 5 rings (SSSR count). The van der Waals surface area contributed by atoms with Gasteiger partial charge in [-0.1, -0.05) is 54.6 Å². The van der Waals surface area contributed by atoms with E-state index in [0.717, 1.165) is 16.3 Å². The summed E-state index contributed by atoms with van der Waals surface area (Å²) in [5.41, 5.74) is 1.52. The number of ether oxygens (including phenoxy) is 2. The van der Waals surface area contributed by atoms with Crippen molar-refractivity contribution < 1.29 is 19.1 Å². The largest absolute Gasteiger partial charge is 0.497 e. The van der Waals surface area contributed by atoms with E-state index >= 15 is 0 Å². The summed E-state index contributed by atoms with van der Waals surface area (Å²) in [6.07, 6.45) is -0.383. The monoisotopic (exact) mass is 570 g/mol. The van der Waals surface area contributed by atoms with Crippen LogP contribution in [0.3, 0.4) is 0 Å². The minimum absolute atomic E-state index is 0.0773. The molecule has 0 saturated carbocycles. The van der Waals surface area contributed by atoms with Gasteiger partial charge in [-0.15, -0.1) is 0 Å². The molecule has 0 aliphatic carbocycles. The van der Waals surface area contributed by atoms with E-state index in [1.165, 1.54) is 0 Å². The Morgan fingerprint density at radius 2 is 1.85 bits per heavy atom. The Balaban J connectivity index is 1.32. The SMILES string of the molecule is COc1cc(NC(=O)c2cc(N3CCN(C(=O)OCc4ccccc4)[C@@H](CC#N)C3)nc(Cl)n2)c2ccccc2c1. The molecular formula is C30H27ClN6O4. The Kier molecular flexibility index (Phi) is 8.46. The van der Waals surface area contributed by atoms with Crippen LogP contribution in [0.2, 0.25) is 5.28 Å². The minimum Gasteiger partial charge on any atom is -0.497 e. The van der Waals surface area contributed by atoms with Crippen molar-refractivity contribution in [3.05, 3.63) is 89.3 Å². The first kappa shape index (κ1) is 27.7. The smallest absolute Gasteiger partial charge is 0.410 e. The van der Waals surface area contributed by atoms with Gasteiger partial charge in [0.15, 0.2) is 0 Å². The van der Waals surface area contributed by atoms with Crippen LogP contribution >= 0.6 is 11.6 Å². The molecule has 2 heterocycles. The quantitative estimate of drug-likeness (QED) is 0.298. The van der Waals surface area contributed by atoms with Crippen LogP contribution in [-0.4, -0.2) is 59.7 Å². The molecule has 1 aliphatic rings. The number of piperazine rings is 1.